The van der Waals surface area contributed by atoms with Crippen LogP contribution in [0.15, 0.2) is 12.2 Å². The molecule has 1 amide bonds. The number of hydrogen-bond acceptors (Lipinski definition) is 4. The van der Waals surface area contributed by atoms with Gasteiger partial charge in [-0.2, -0.15) is 0 Å². The topological polar surface area (TPSA) is 67.8 Å². The van der Waals surface area contributed by atoms with Gasteiger partial charge >= 0.3 is 6.09 Å². The minimum absolute atomic E-state index is 0.00878. The molecule has 1 aliphatic heterocycles. The molecule has 0 aliphatic carbocycles. The largest absolute Gasteiger partial charge is 0.444 e. The zero-order valence-corrected chi connectivity index (χ0v) is 10.8. The molecule has 5 nitrogen and oxygen atoms in total. The van der Waals surface area contributed by atoms with Gasteiger partial charge in [-0.05, 0) is 27.7 Å². The first-order valence-corrected chi connectivity index (χ1v) is 5.76. The van der Waals surface area contributed by atoms with Gasteiger partial charge in [-0.1, -0.05) is 12.2 Å². The van der Waals surface area contributed by atoms with Crippen LogP contribution < -0.4 is 5.32 Å². The number of carbonyl (C=O) groups excluding carboxylic acids is 1. The van der Waals surface area contributed by atoms with Crippen LogP contribution in [-0.4, -0.2) is 41.7 Å². The maximum absolute atomic E-state index is 11.5. The molecule has 0 bridgehead atoms. The van der Waals surface area contributed by atoms with Crippen molar-refractivity contribution in [1.82, 2.24) is 5.32 Å². The van der Waals surface area contributed by atoms with Gasteiger partial charge in [0, 0.05) is 0 Å². The Morgan fingerprint density at radius 2 is 2.18 bits per heavy atom. The minimum Gasteiger partial charge on any atom is -0.444 e. The molecule has 0 spiro atoms. The predicted octanol–water partition coefficient (Wildman–Crippen LogP) is 1.22. The minimum atomic E-state index is -0.552. The SMILES string of the molecule is C[C@@H]1C=C[C@H]([C@@H](CO)NC(=O)OC(C)(C)C)O1. The van der Waals surface area contributed by atoms with Crippen LogP contribution >= 0.6 is 0 Å². The molecule has 1 rings (SSSR count). The molecule has 0 saturated heterocycles. The predicted molar refractivity (Wildman–Crippen MR) is 63.7 cm³/mol. The maximum Gasteiger partial charge on any atom is 0.408 e. The molecule has 1 heterocycles. The Bertz CT molecular complexity index is 295. The standard InChI is InChI=1S/C12H21NO4/c1-8-5-6-10(16-8)9(7-14)13-11(15)17-12(2,3)4/h5-6,8-10,14H,7H2,1-4H3,(H,13,15)/t8-,9-,10-/m1/s1. The lowest BCUT2D eigenvalue weighted by Crippen LogP contribution is -2.47. The monoisotopic (exact) mass is 243 g/mol. The number of alkyl carbamates (subject to hydrolysis) is 1. The van der Waals surface area contributed by atoms with E-state index >= 15 is 0 Å². The Balaban J connectivity index is 2.47. The van der Waals surface area contributed by atoms with E-state index in [9.17, 15) is 9.90 Å². The molecule has 0 unspecified atom stereocenters. The Morgan fingerprint density at radius 3 is 2.59 bits per heavy atom. The van der Waals surface area contributed by atoms with E-state index in [0.29, 0.717) is 0 Å². The zero-order valence-electron chi connectivity index (χ0n) is 10.8. The van der Waals surface area contributed by atoms with Crippen LogP contribution in [0.5, 0.6) is 0 Å². The van der Waals surface area contributed by atoms with Crippen molar-refractivity contribution < 1.29 is 19.4 Å². The van der Waals surface area contributed by atoms with E-state index in [1.165, 1.54) is 0 Å². The van der Waals surface area contributed by atoms with E-state index in [2.05, 4.69) is 5.32 Å². The molecule has 0 saturated carbocycles. The highest BCUT2D eigenvalue weighted by atomic mass is 16.6. The number of ether oxygens (including phenoxy) is 2. The normalized spacial score (nSPS) is 25.7. The zero-order chi connectivity index (χ0) is 13.1. The Morgan fingerprint density at radius 1 is 1.53 bits per heavy atom. The van der Waals surface area contributed by atoms with Gasteiger partial charge in [0.05, 0.1) is 24.9 Å². The number of hydrogen-bond donors (Lipinski definition) is 2. The fourth-order valence-corrected chi connectivity index (χ4v) is 1.52. The fourth-order valence-electron chi connectivity index (χ4n) is 1.52. The van der Waals surface area contributed by atoms with Crippen LogP contribution in [0.2, 0.25) is 0 Å². The van der Waals surface area contributed by atoms with Crippen LogP contribution in [0.25, 0.3) is 0 Å². The molecule has 0 aromatic carbocycles. The summed E-state index contributed by atoms with van der Waals surface area (Å²) in [4.78, 5) is 11.5. The number of rotatable bonds is 3. The second-order valence-corrected chi connectivity index (χ2v) is 5.13. The third-order valence-electron chi connectivity index (χ3n) is 2.24. The molecule has 0 aromatic heterocycles. The molecule has 17 heavy (non-hydrogen) atoms. The van der Waals surface area contributed by atoms with Crippen molar-refractivity contribution in [2.24, 2.45) is 0 Å². The maximum atomic E-state index is 11.5. The second-order valence-electron chi connectivity index (χ2n) is 5.13. The smallest absolute Gasteiger partial charge is 0.408 e. The lowest BCUT2D eigenvalue weighted by molar-refractivity contribution is 0.0164. The fraction of sp³-hybridized carbons (Fsp3) is 0.750. The van der Waals surface area contributed by atoms with E-state index in [0.717, 1.165) is 0 Å². The summed E-state index contributed by atoms with van der Waals surface area (Å²) in [6.45, 7) is 7.07. The van der Waals surface area contributed by atoms with Gasteiger partial charge in [-0.25, -0.2) is 4.79 Å². The summed E-state index contributed by atoms with van der Waals surface area (Å²) >= 11 is 0. The van der Waals surface area contributed by atoms with Crippen molar-refractivity contribution in [2.45, 2.75) is 51.5 Å². The molecule has 0 radical (unpaired) electrons. The van der Waals surface area contributed by atoms with Crippen molar-refractivity contribution in [3.8, 4) is 0 Å². The van der Waals surface area contributed by atoms with Crippen molar-refractivity contribution in [3.63, 3.8) is 0 Å². The van der Waals surface area contributed by atoms with E-state index in [-0.39, 0.29) is 18.8 Å². The summed E-state index contributed by atoms with van der Waals surface area (Å²) in [5.74, 6) is 0. The van der Waals surface area contributed by atoms with Crippen LogP contribution in [-0.2, 0) is 9.47 Å². The number of carbonyl (C=O) groups is 1. The second kappa shape index (κ2) is 5.51. The van der Waals surface area contributed by atoms with Gasteiger partial charge in [-0.3, -0.25) is 0 Å². The summed E-state index contributed by atoms with van der Waals surface area (Å²) in [5, 5.41) is 11.8. The Kier molecular flexibility index (Phi) is 4.54. The Labute approximate surface area is 102 Å². The van der Waals surface area contributed by atoms with Crippen LogP contribution in [0, 0.1) is 0 Å². The third kappa shape index (κ3) is 4.75. The summed E-state index contributed by atoms with van der Waals surface area (Å²) in [5.41, 5.74) is -0.552. The van der Waals surface area contributed by atoms with Crippen LogP contribution in [0.3, 0.4) is 0 Å². The molecule has 3 atom stereocenters. The van der Waals surface area contributed by atoms with E-state index in [1.54, 1.807) is 20.8 Å². The highest BCUT2D eigenvalue weighted by molar-refractivity contribution is 5.68. The van der Waals surface area contributed by atoms with Crippen LogP contribution in [0.1, 0.15) is 27.7 Å². The molecule has 5 heteroatoms. The van der Waals surface area contributed by atoms with E-state index in [4.69, 9.17) is 9.47 Å². The van der Waals surface area contributed by atoms with Gasteiger partial charge in [0.25, 0.3) is 0 Å². The number of aliphatic hydroxyl groups is 1. The molecule has 98 valence electrons. The Hall–Kier alpha value is -1.07. The first-order chi connectivity index (χ1) is 7.81. The molecular formula is C12H21NO4. The van der Waals surface area contributed by atoms with Gasteiger partial charge in [0.15, 0.2) is 0 Å². The first kappa shape index (κ1) is 14.0. The average molecular weight is 243 g/mol. The molecular weight excluding hydrogens is 222 g/mol. The van der Waals surface area contributed by atoms with Crippen molar-refractivity contribution >= 4 is 6.09 Å². The van der Waals surface area contributed by atoms with Crippen molar-refractivity contribution in [2.75, 3.05) is 6.61 Å². The molecule has 0 aromatic rings. The van der Waals surface area contributed by atoms with Gasteiger partial charge in [-0.15, -0.1) is 0 Å². The molecule has 2 N–H and O–H groups in total. The van der Waals surface area contributed by atoms with Gasteiger partial charge in [0.2, 0.25) is 0 Å². The number of nitrogens with one attached hydrogen (secondary N) is 1. The number of aliphatic hydroxyl groups excluding tert-OH is 1. The lowest BCUT2D eigenvalue weighted by atomic mass is 10.1. The third-order valence-corrected chi connectivity index (χ3v) is 2.24. The van der Waals surface area contributed by atoms with Crippen molar-refractivity contribution in [1.29, 1.82) is 0 Å². The highest BCUT2D eigenvalue weighted by Crippen LogP contribution is 2.14. The quantitative estimate of drug-likeness (QED) is 0.731. The number of amides is 1. The van der Waals surface area contributed by atoms with Gasteiger partial charge < -0.3 is 19.9 Å². The lowest BCUT2D eigenvalue weighted by Gasteiger charge is -2.25. The van der Waals surface area contributed by atoms with Crippen molar-refractivity contribution in [3.05, 3.63) is 12.2 Å². The van der Waals surface area contributed by atoms with Gasteiger partial charge in [0.1, 0.15) is 5.60 Å². The van der Waals surface area contributed by atoms with E-state index in [1.807, 2.05) is 19.1 Å². The highest BCUT2D eigenvalue weighted by Gasteiger charge is 2.27. The van der Waals surface area contributed by atoms with E-state index < -0.39 is 17.7 Å². The molecule has 0 fully saturated rings. The first-order valence-electron chi connectivity index (χ1n) is 5.76. The summed E-state index contributed by atoms with van der Waals surface area (Å²) in [6, 6.07) is -0.481. The molecule has 1 aliphatic rings. The average Bonchev–Trinajstić information content (AvgIpc) is 2.58. The summed E-state index contributed by atoms with van der Waals surface area (Å²) in [7, 11) is 0. The summed E-state index contributed by atoms with van der Waals surface area (Å²) < 4.78 is 10.6. The van der Waals surface area contributed by atoms with Crippen LogP contribution in [0.4, 0.5) is 4.79 Å². The summed E-state index contributed by atoms with van der Waals surface area (Å²) in [6.07, 6.45) is 2.89.